The number of rotatable bonds is 5. The monoisotopic (exact) mass is 650 g/mol. The molecule has 252 valence electrons. The van der Waals surface area contributed by atoms with E-state index in [4.69, 9.17) is 9.47 Å². The molecule has 0 aromatic carbocycles. The fourth-order valence-corrected chi connectivity index (χ4v) is 8.80. The maximum Gasteiger partial charge on any atom is 0.408 e. The van der Waals surface area contributed by atoms with Crippen LogP contribution in [0.1, 0.15) is 66.7 Å². The molecule has 12 nitrogen and oxygen atoms in total. The third kappa shape index (κ3) is 5.10. The Morgan fingerprint density at radius 2 is 1.98 bits per heavy atom. The van der Waals surface area contributed by atoms with Crippen LogP contribution in [0.15, 0.2) is 18.3 Å². The number of aromatic nitrogens is 1. The third-order valence-corrected chi connectivity index (χ3v) is 12.0. The van der Waals surface area contributed by atoms with Crippen LogP contribution in [0.3, 0.4) is 0 Å². The van der Waals surface area contributed by atoms with E-state index in [2.05, 4.69) is 28.6 Å². The number of amides is 4. The molecule has 2 saturated heterocycles. The van der Waals surface area contributed by atoms with Crippen molar-refractivity contribution in [2.24, 2.45) is 34.5 Å². The van der Waals surface area contributed by atoms with Gasteiger partial charge in [-0.15, -0.1) is 0 Å². The van der Waals surface area contributed by atoms with Gasteiger partial charge in [0.1, 0.15) is 30.4 Å². The van der Waals surface area contributed by atoms with Crippen LogP contribution in [-0.4, -0.2) is 87.7 Å². The number of carbonyl (C=O) groups excluding carboxylic acids is 4. The largest absolute Gasteiger partial charge is 0.472 e. The zero-order valence-electron chi connectivity index (χ0n) is 27.5. The highest BCUT2D eigenvalue weighted by Gasteiger charge is 2.65. The van der Waals surface area contributed by atoms with Crippen molar-refractivity contribution in [1.29, 1.82) is 5.26 Å². The lowest BCUT2D eigenvalue weighted by Crippen LogP contribution is -2.60. The smallest absolute Gasteiger partial charge is 0.408 e. The highest BCUT2D eigenvalue weighted by atomic mass is 19.1. The number of likely N-dealkylation sites (tertiary alicyclic amines) is 2. The molecular weight excluding hydrogens is 607 g/mol. The van der Waals surface area contributed by atoms with Crippen LogP contribution in [0, 0.1) is 45.8 Å². The number of pyridine rings is 1. The summed E-state index contributed by atoms with van der Waals surface area (Å²) in [7, 11) is 0. The Labute approximate surface area is 273 Å². The van der Waals surface area contributed by atoms with Crippen molar-refractivity contribution in [1.82, 2.24) is 20.1 Å². The topological polar surface area (TPSA) is 154 Å². The van der Waals surface area contributed by atoms with Gasteiger partial charge in [0.15, 0.2) is 11.6 Å². The fraction of sp³-hybridized carbons (Fsp3) is 0.706. The number of anilines is 1. The molecule has 0 radical (unpaired) electrons. The first-order chi connectivity index (χ1) is 22.2. The first-order valence-electron chi connectivity index (χ1n) is 16.7. The lowest BCUT2D eigenvalue weighted by atomic mass is 9.77. The Morgan fingerprint density at radius 3 is 2.66 bits per heavy atom. The predicted octanol–water partition coefficient (Wildman–Crippen LogP) is 3.43. The fourth-order valence-electron chi connectivity index (χ4n) is 8.80. The summed E-state index contributed by atoms with van der Waals surface area (Å²) in [6.45, 7) is 9.43. The summed E-state index contributed by atoms with van der Waals surface area (Å²) in [5, 5.41) is 15.8. The van der Waals surface area contributed by atoms with E-state index in [0.29, 0.717) is 18.6 Å². The SMILES string of the molecule is C[C@H](OC(=O)N[C@H](C(=O)N1C[C@@H]2[C@H]3C[C@@H]([C@@H]2[C@H]1C(=O)N1C[C@@]2(C[C@H]1C#N)Oc1cccnc1NC2=O)[C@H](F)C3)C(C)(C)C)C1(C)CC1. The van der Waals surface area contributed by atoms with Crippen molar-refractivity contribution in [3.8, 4) is 11.8 Å². The Morgan fingerprint density at radius 1 is 1.23 bits per heavy atom. The van der Waals surface area contributed by atoms with Gasteiger partial charge in [0.25, 0.3) is 5.91 Å². The van der Waals surface area contributed by atoms with Crippen molar-refractivity contribution in [2.45, 2.75) is 103 Å². The maximum absolute atomic E-state index is 15.3. The second-order valence-electron chi connectivity index (χ2n) is 15.9. The molecule has 2 bridgehead atoms. The van der Waals surface area contributed by atoms with E-state index >= 15 is 4.39 Å². The van der Waals surface area contributed by atoms with Gasteiger partial charge in [-0.3, -0.25) is 14.4 Å². The van der Waals surface area contributed by atoms with Gasteiger partial charge in [0.2, 0.25) is 17.4 Å². The van der Waals surface area contributed by atoms with Crippen molar-refractivity contribution >= 4 is 29.6 Å². The van der Waals surface area contributed by atoms with E-state index in [0.717, 1.165) is 12.8 Å². The molecular formula is C34H43FN6O6. The van der Waals surface area contributed by atoms with Crippen molar-refractivity contribution in [3.63, 3.8) is 0 Å². The van der Waals surface area contributed by atoms with Crippen LogP contribution in [0.5, 0.6) is 5.75 Å². The molecule has 0 unspecified atom stereocenters. The zero-order chi connectivity index (χ0) is 33.6. The zero-order valence-corrected chi connectivity index (χ0v) is 27.5. The van der Waals surface area contributed by atoms with Crippen LogP contribution in [0.4, 0.5) is 15.0 Å². The van der Waals surface area contributed by atoms with Crippen LogP contribution < -0.4 is 15.4 Å². The van der Waals surface area contributed by atoms with Gasteiger partial charge in [-0.2, -0.15) is 5.26 Å². The molecule has 2 N–H and O–H groups in total. The Balaban J connectivity index is 1.18. The molecule has 5 fully saturated rings. The van der Waals surface area contributed by atoms with Crippen molar-refractivity contribution in [2.75, 3.05) is 18.4 Å². The summed E-state index contributed by atoms with van der Waals surface area (Å²) in [4.78, 5) is 62.8. The van der Waals surface area contributed by atoms with E-state index in [1.165, 1.54) is 16.0 Å². The Hall–Kier alpha value is -3.95. The number of nitriles is 1. The summed E-state index contributed by atoms with van der Waals surface area (Å²) < 4.78 is 27.2. The molecule has 6 aliphatic rings. The van der Waals surface area contributed by atoms with E-state index < -0.39 is 71.0 Å². The average molecular weight is 651 g/mol. The number of ether oxygens (including phenoxy) is 2. The first kappa shape index (κ1) is 31.6. The number of alkyl carbamates (subject to hydrolysis) is 1. The standard InChI is InChI=1S/C34H43FN6O6/c1-17(33(5)8-9-33)46-31(45)38-26(32(2,3)4)29(43)40-15-21-18-11-20(22(35)12-18)24(21)25(40)28(42)41-16-34(13-19(41)14-36)30(44)39-27-23(47-34)7-6-10-37-27/h6-7,10,17-22,24-26H,8-9,11-13,15-16H2,1-5H3,(H,38,45)(H,37,39,44)/t17-,18-,19-,20+,21+,22+,24-,25-,26+,34+/m0/s1. The van der Waals surface area contributed by atoms with E-state index in [-0.39, 0.29) is 48.7 Å². The highest BCUT2D eigenvalue weighted by molar-refractivity contribution is 6.01. The van der Waals surface area contributed by atoms with Gasteiger partial charge in [0.05, 0.1) is 12.6 Å². The van der Waals surface area contributed by atoms with E-state index in [1.807, 2.05) is 27.7 Å². The molecule has 3 saturated carbocycles. The van der Waals surface area contributed by atoms with Crippen LogP contribution >= 0.6 is 0 Å². The number of alkyl halides is 1. The minimum absolute atomic E-state index is 0.0346. The molecule has 13 heteroatoms. The van der Waals surface area contributed by atoms with Gasteiger partial charge < -0.3 is 29.9 Å². The number of nitrogens with zero attached hydrogens (tertiary/aromatic N) is 4. The summed E-state index contributed by atoms with van der Waals surface area (Å²) in [6, 6.07) is 2.39. The van der Waals surface area contributed by atoms with Crippen LogP contribution in [0.25, 0.3) is 0 Å². The maximum atomic E-state index is 15.3. The second-order valence-corrected chi connectivity index (χ2v) is 15.9. The number of fused-ring (bicyclic) bond motifs is 6. The molecule has 4 amide bonds. The highest BCUT2D eigenvalue weighted by Crippen LogP contribution is 2.59. The van der Waals surface area contributed by atoms with Gasteiger partial charge in [-0.25, -0.2) is 14.2 Å². The summed E-state index contributed by atoms with van der Waals surface area (Å²) in [5.41, 5.74) is -2.35. The average Bonchev–Trinajstić information content (AvgIpc) is 3.34. The number of hydrogen-bond acceptors (Lipinski definition) is 8. The molecule has 7 rings (SSSR count). The normalized spacial score (nSPS) is 35.7. The molecule has 3 aliphatic heterocycles. The predicted molar refractivity (Wildman–Crippen MR) is 165 cm³/mol. The minimum atomic E-state index is -1.52. The van der Waals surface area contributed by atoms with Gasteiger partial charge in [-0.05, 0) is 73.8 Å². The minimum Gasteiger partial charge on any atom is -0.472 e. The molecule has 1 aromatic rings. The molecule has 10 atom stereocenters. The summed E-state index contributed by atoms with van der Waals surface area (Å²) >= 11 is 0. The Bertz CT molecular complexity index is 1550. The third-order valence-electron chi connectivity index (χ3n) is 12.0. The van der Waals surface area contributed by atoms with E-state index in [1.54, 1.807) is 12.1 Å². The summed E-state index contributed by atoms with van der Waals surface area (Å²) in [5.74, 6) is -1.76. The van der Waals surface area contributed by atoms with Crippen molar-refractivity contribution < 1.29 is 33.0 Å². The quantitative estimate of drug-likeness (QED) is 0.492. The van der Waals surface area contributed by atoms with Gasteiger partial charge in [-0.1, -0.05) is 27.7 Å². The molecule has 47 heavy (non-hydrogen) atoms. The number of halogens is 1. The van der Waals surface area contributed by atoms with Gasteiger partial charge in [0, 0.05) is 24.6 Å². The lowest BCUT2D eigenvalue weighted by Gasteiger charge is -2.39. The summed E-state index contributed by atoms with van der Waals surface area (Å²) in [6.07, 6.45) is 2.29. The number of carbonyl (C=O) groups is 4. The van der Waals surface area contributed by atoms with Crippen LogP contribution in [0.2, 0.25) is 0 Å². The van der Waals surface area contributed by atoms with Crippen molar-refractivity contribution in [3.05, 3.63) is 18.3 Å². The molecule has 3 aliphatic carbocycles. The lowest BCUT2D eigenvalue weighted by molar-refractivity contribution is -0.149. The molecule has 1 spiro atoms. The number of hydrogen-bond donors (Lipinski definition) is 2. The number of nitrogens with one attached hydrogen (secondary N) is 2. The molecule has 1 aromatic heterocycles. The first-order valence-corrected chi connectivity index (χ1v) is 16.7. The molecule has 4 heterocycles. The van der Waals surface area contributed by atoms with Crippen LogP contribution in [-0.2, 0) is 19.1 Å². The van der Waals surface area contributed by atoms with E-state index in [9.17, 15) is 24.4 Å². The Kier molecular flexibility index (Phi) is 7.26. The second kappa shape index (κ2) is 10.8. The van der Waals surface area contributed by atoms with Gasteiger partial charge >= 0.3 is 6.09 Å².